The fourth-order valence-corrected chi connectivity index (χ4v) is 2.35. The minimum absolute atomic E-state index is 0.0224. The third-order valence-corrected chi connectivity index (χ3v) is 3.44. The highest BCUT2D eigenvalue weighted by molar-refractivity contribution is 5.79. The highest BCUT2D eigenvalue weighted by atomic mass is 16.3. The van der Waals surface area contributed by atoms with E-state index in [0.29, 0.717) is 0 Å². The molecule has 1 aliphatic carbocycles. The van der Waals surface area contributed by atoms with E-state index in [1.165, 1.54) is 11.1 Å². The van der Waals surface area contributed by atoms with Gasteiger partial charge in [-0.15, -0.1) is 0 Å². The number of hydrogen-bond acceptors (Lipinski definition) is 3. The zero-order chi connectivity index (χ0) is 13.0. The van der Waals surface area contributed by atoms with Crippen molar-refractivity contribution in [3.63, 3.8) is 0 Å². The number of carbonyl (C=O) groups excluding carboxylic acids is 1. The number of aliphatic hydroxyl groups is 2. The molecule has 3 N–H and O–H groups in total. The van der Waals surface area contributed by atoms with Crippen LogP contribution in [0.15, 0.2) is 24.3 Å². The predicted molar refractivity (Wildman–Crippen MR) is 68.1 cm³/mol. The van der Waals surface area contributed by atoms with Crippen LogP contribution < -0.4 is 5.32 Å². The Bertz CT molecular complexity index is 419. The highest BCUT2D eigenvalue weighted by Crippen LogP contribution is 2.25. The van der Waals surface area contributed by atoms with E-state index >= 15 is 0 Å². The number of aliphatic hydroxyl groups excluding tert-OH is 2. The lowest BCUT2D eigenvalue weighted by molar-refractivity contribution is -0.125. The molecule has 2 unspecified atom stereocenters. The maximum atomic E-state index is 11.9. The molecule has 1 amide bonds. The van der Waals surface area contributed by atoms with Gasteiger partial charge in [-0.05, 0) is 30.4 Å². The van der Waals surface area contributed by atoms with Gasteiger partial charge in [0.15, 0.2) is 0 Å². The van der Waals surface area contributed by atoms with Crippen LogP contribution in [-0.2, 0) is 17.6 Å². The lowest BCUT2D eigenvalue weighted by atomic mass is 9.83. The van der Waals surface area contributed by atoms with Crippen molar-refractivity contribution < 1.29 is 15.0 Å². The van der Waals surface area contributed by atoms with Crippen LogP contribution >= 0.6 is 0 Å². The highest BCUT2D eigenvalue weighted by Gasteiger charge is 2.24. The Morgan fingerprint density at radius 1 is 1.39 bits per heavy atom. The smallest absolute Gasteiger partial charge is 0.223 e. The van der Waals surface area contributed by atoms with Gasteiger partial charge in [-0.3, -0.25) is 4.79 Å². The Kier molecular flexibility index (Phi) is 4.33. The van der Waals surface area contributed by atoms with Crippen LogP contribution in [0.3, 0.4) is 0 Å². The monoisotopic (exact) mass is 249 g/mol. The van der Waals surface area contributed by atoms with Crippen molar-refractivity contribution in [3.8, 4) is 0 Å². The molecule has 0 aromatic heterocycles. The largest absolute Gasteiger partial charge is 0.394 e. The lowest BCUT2D eigenvalue weighted by Crippen LogP contribution is -2.39. The number of carbonyl (C=O) groups is 1. The summed E-state index contributed by atoms with van der Waals surface area (Å²) in [4.78, 5) is 11.9. The Morgan fingerprint density at radius 2 is 2.11 bits per heavy atom. The van der Waals surface area contributed by atoms with Crippen molar-refractivity contribution in [3.05, 3.63) is 35.4 Å². The van der Waals surface area contributed by atoms with Crippen molar-refractivity contribution in [1.29, 1.82) is 0 Å². The quantitative estimate of drug-likeness (QED) is 0.717. The third kappa shape index (κ3) is 3.09. The zero-order valence-corrected chi connectivity index (χ0v) is 10.3. The standard InChI is InChI=1S/C14H19NO3/c16-9-13(17)8-15-14(18)12-6-5-10-3-1-2-4-11(10)7-12/h1-4,12-13,16-17H,5-9H2,(H,15,18). The van der Waals surface area contributed by atoms with E-state index in [9.17, 15) is 9.90 Å². The van der Waals surface area contributed by atoms with Crippen LogP contribution in [0.5, 0.6) is 0 Å². The summed E-state index contributed by atoms with van der Waals surface area (Å²) in [6.45, 7) is -0.207. The third-order valence-electron chi connectivity index (χ3n) is 3.44. The summed E-state index contributed by atoms with van der Waals surface area (Å²) in [5.41, 5.74) is 2.57. The maximum absolute atomic E-state index is 11.9. The average Bonchev–Trinajstić information content (AvgIpc) is 2.43. The van der Waals surface area contributed by atoms with E-state index in [0.717, 1.165) is 19.3 Å². The van der Waals surface area contributed by atoms with Gasteiger partial charge in [0.2, 0.25) is 5.91 Å². The summed E-state index contributed by atoms with van der Waals surface area (Å²) in [7, 11) is 0. The summed E-state index contributed by atoms with van der Waals surface area (Å²) in [5.74, 6) is -0.0530. The molecule has 0 heterocycles. The second-order valence-electron chi connectivity index (χ2n) is 4.79. The molecule has 0 bridgehead atoms. The molecular weight excluding hydrogens is 230 g/mol. The van der Waals surface area contributed by atoms with Crippen molar-refractivity contribution in [2.45, 2.75) is 25.4 Å². The fourth-order valence-electron chi connectivity index (χ4n) is 2.35. The number of hydrogen-bond donors (Lipinski definition) is 3. The minimum Gasteiger partial charge on any atom is -0.394 e. The maximum Gasteiger partial charge on any atom is 0.223 e. The molecule has 0 aliphatic heterocycles. The van der Waals surface area contributed by atoms with Gasteiger partial charge >= 0.3 is 0 Å². The van der Waals surface area contributed by atoms with Crippen LogP contribution in [0, 0.1) is 5.92 Å². The minimum atomic E-state index is -0.871. The molecule has 4 heteroatoms. The van der Waals surface area contributed by atoms with Crippen LogP contribution in [0.1, 0.15) is 17.5 Å². The van der Waals surface area contributed by atoms with Gasteiger partial charge in [-0.25, -0.2) is 0 Å². The van der Waals surface area contributed by atoms with Gasteiger partial charge in [0, 0.05) is 12.5 Å². The first-order chi connectivity index (χ1) is 8.70. The first kappa shape index (κ1) is 13.1. The number of benzene rings is 1. The molecule has 98 valence electrons. The molecule has 0 saturated carbocycles. The van der Waals surface area contributed by atoms with E-state index in [-0.39, 0.29) is 25.0 Å². The first-order valence-electron chi connectivity index (χ1n) is 6.34. The lowest BCUT2D eigenvalue weighted by Gasteiger charge is -2.24. The second kappa shape index (κ2) is 5.98. The number of nitrogens with one attached hydrogen (secondary N) is 1. The number of aryl methyl sites for hydroxylation is 1. The summed E-state index contributed by atoms with van der Waals surface area (Å²) < 4.78 is 0. The predicted octanol–water partition coefficient (Wildman–Crippen LogP) is 0.261. The molecule has 0 fully saturated rings. The molecule has 2 rings (SSSR count). The average molecular weight is 249 g/mol. The van der Waals surface area contributed by atoms with Crippen molar-refractivity contribution in [2.75, 3.05) is 13.2 Å². The molecule has 0 radical (unpaired) electrons. The van der Waals surface area contributed by atoms with Gasteiger partial charge in [0.25, 0.3) is 0 Å². The summed E-state index contributed by atoms with van der Waals surface area (Å²) in [6, 6.07) is 8.20. The second-order valence-corrected chi connectivity index (χ2v) is 4.79. The zero-order valence-electron chi connectivity index (χ0n) is 10.3. The van der Waals surface area contributed by atoms with E-state index in [1.807, 2.05) is 12.1 Å². The van der Waals surface area contributed by atoms with Crippen LogP contribution in [0.25, 0.3) is 0 Å². The molecule has 0 saturated heterocycles. The molecular formula is C14H19NO3. The number of rotatable bonds is 4. The Balaban J connectivity index is 1.90. The molecule has 1 aliphatic rings. The molecule has 18 heavy (non-hydrogen) atoms. The molecule has 0 spiro atoms. The first-order valence-corrected chi connectivity index (χ1v) is 6.34. The summed E-state index contributed by atoms with van der Waals surface area (Å²) in [5, 5.41) is 20.6. The van der Waals surface area contributed by atoms with E-state index in [1.54, 1.807) is 0 Å². The van der Waals surface area contributed by atoms with Crippen LogP contribution in [-0.4, -0.2) is 35.4 Å². The van der Waals surface area contributed by atoms with Crippen molar-refractivity contribution in [2.24, 2.45) is 5.92 Å². The summed E-state index contributed by atoms with van der Waals surface area (Å²) in [6.07, 6.45) is 1.66. The Hall–Kier alpha value is -1.39. The number of amides is 1. The molecule has 4 nitrogen and oxygen atoms in total. The van der Waals surface area contributed by atoms with Crippen molar-refractivity contribution >= 4 is 5.91 Å². The van der Waals surface area contributed by atoms with E-state index in [2.05, 4.69) is 17.4 Å². The van der Waals surface area contributed by atoms with E-state index in [4.69, 9.17) is 5.11 Å². The number of fused-ring (bicyclic) bond motifs is 1. The van der Waals surface area contributed by atoms with Gasteiger partial charge < -0.3 is 15.5 Å². The van der Waals surface area contributed by atoms with Crippen LogP contribution in [0.4, 0.5) is 0 Å². The molecule has 1 aromatic rings. The van der Waals surface area contributed by atoms with Gasteiger partial charge in [-0.2, -0.15) is 0 Å². The normalized spacial score (nSPS) is 20.0. The summed E-state index contributed by atoms with van der Waals surface area (Å²) >= 11 is 0. The SMILES string of the molecule is O=C(NCC(O)CO)C1CCc2ccccc2C1. The van der Waals surface area contributed by atoms with Crippen LogP contribution in [0.2, 0.25) is 0 Å². The van der Waals surface area contributed by atoms with Crippen molar-refractivity contribution in [1.82, 2.24) is 5.32 Å². The molecule has 1 aromatic carbocycles. The Morgan fingerprint density at radius 3 is 2.83 bits per heavy atom. The topological polar surface area (TPSA) is 69.6 Å². The molecule has 2 atom stereocenters. The Labute approximate surface area is 107 Å². The van der Waals surface area contributed by atoms with Gasteiger partial charge in [0.05, 0.1) is 12.7 Å². The fraction of sp³-hybridized carbons (Fsp3) is 0.500. The van der Waals surface area contributed by atoms with E-state index < -0.39 is 6.10 Å². The van der Waals surface area contributed by atoms with Gasteiger partial charge in [-0.1, -0.05) is 24.3 Å². The van der Waals surface area contributed by atoms with Gasteiger partial charge in [0.1, 0.15) is 0 Å².